The largest absolute Gasteiger partial charge is 0.504 e. The lowest BCUT2D eigenvalue weighted by Gasteiger charge is -2.14. The molecule has 2 heterocycles. The summed E-state index contributed by atoms with van der Waals surface area (Å²) in [6.07, 6.45) is 1.59. The van der Waals surface area contributed by atoms with Gasteiger partial charge in [-0.1, -0.05) is 35.9 Å². The summed E-state index contributed by atoms with van der Waals surface area (Å²) in [5.74, 6) is -0.125. The average molecular weight is 427 g/mol. The predicted molar refractivity (Wildman–Crippen MR) is 113 cm³/mol. The lowest BCUT2D eigenvalue weighted by molar-refractivity contribution is -0.123. The van der Waals surface area contributed by atoms with Gasteiger partial charge < -0.3 is 9.84 Å². The van der Waals surface area contributed by atoms with E-state index < -0.39 is 5.91 Å². The number of methoxy groups -OCH3 is 1. The maximum Gasteiger partial charge on any atom is 0.293 e. The first kappa shape index (κ1) is 19.3. The van der Waals surface area contributed by atoms with E-state index in [1.807, 2.05) is 30.3 Å². The first-order valence-corrected chi connectivity index (χ1v) is 9.82. The molecule has 1 N–H and O–H groups in total. The van der Waals surface area contributed by atoms with Gasteiger partial charge in [0.25, 0.3) is 11.1 Å². The Morgan fingerprint density at radius 2 is 2.00 bits per heavy atom. The van der Waals surface area contributed by atoms with Crippen molar-refractivity contribution >= 4 is 51.5 Å². The van der Waals surface area contributed by atoms with Crippen molar-refractivity contribution in [3.8, 4) is 11.5 Å². The lowest BCUT2D eigenvalue weighted by atomic mass is 10.1. The molecule has 2 aromatic carbocycles. The van der Waals surface area contributed by atoms with Crippen LogP contribution in [0.5, 0.6) is 11.5 Å². The van der Waals surface area contributed by atoms with Crippen LogP contribution in [0.15, 0.2) is 53.4 Å². The molecule has 1 saturated heterocycles. The van der Waals surface area contributed by atoms with E-state index >= 15 is 0 Å². The molecule has 6 nitrogen and oxygen atoms in total. The van der Waals surface area contributed by atoms with Crippen molar-refractivity contribution in [3.05, 3.63) is 69.7 Å². The molecule has 1 aliphatic heterocycles. The molecule has 0 spiro atoms. The number of ether oxygens (including phenoxy) is 1. The minimum atomic E-state index is -0.406. The van der Waals surface area contributed by atoms with Crippen LogP contribution < -0.4 is 4.74 Å². The molecular weight excluding hydrogens is 412 g/mol. The summed E-state index contributed by atoms with van der Waals surface area (Å²) in [5.41, 5.74) is 1.98. The van der Waals surface area contributed by atoms with Gasteiger partial charge in [-0.2, -0.15) is 0 Å². The van der Waals surface area contributed by atoms with Crippen LogP contribution in [0.3, 0.4) is 0 Å². The van der Waals surface area contributed by atoms with Crippen molar-refractivity contribution in [1.82, 2.24) is 9.88 Å². The van der Waals surface area contributed by atoms with E-state index in [1.54, 1.807) is 18.2 Å². The number of halogens is 1. The van der Waals surface area contributed by atoms with Gasteiger partial charge in [0, 0.05) is 10.9 Å². The molecule has 2 amide bonds. The Morgan fingerprint density at radius 3 is 2.79 bits per heavy atom. The zero-order chi connectivity index (χ0) is 20.5. The number of carbonyl (C=O) groups excluding carboxylic acids is 2. The Morgan fingerprint density at radius 1 is 1.21 bits per heavy atom. The number of phenolic OH excluding ortho intramolecular Hbond substituents is 1. The molecular formula is C21H15ClN2O4S. The molecule has 0 radical (unpaired) electrons. The number of carbonyl (C=O) groups is 2. The summed E-state index contributed by atoms with van der Waals surface area (Å²) in [7, 11) is 1.44. The molecule has 0 atom stereocenters. The fraction of sp³-hybridized carbons (Fsp3) is 0.0952. The highest BCUT2D eigenvalue weighted by Crippen LogP contribution is 2.35. The monoisotopic (exact) mass is 426 g/mol. The summed E-state index contributed by atoms with van der Waals surface area (Å²) in [4.78, 5) is 31.0. The average Bonchev–Trinajstić information content (AvgIpc) is 2.97. The van der Waals surface area contributed by atoms with Gasteiger partial charge in [-0.25, -0.2) is 4.98 Å². The predicted octanol–water partition coefficient (Wildman–Crippen LogP) is 4.84. The van der Waals surface area contributed by atoms with Gasteiger partial charge in [-0.05, 0) is 47.7 Å². The highest BCUT2D eigenvalue weighted by molar-refractivity contribution is 8.18. The third-order valence-electron chi connectivity index (χ3n) is 4.45. The number of amides is 2. The normalized spacial score (nSPS) is 15.5. The number of thioether (sulfide) groups is 1. The molecule has 0 saturated carbocycles. The van der Waals surface area contributed by atoms with Crippen molar-refractivity contribution < 1.29 is 19.4 Å². The summed E-state index contributed by atoms with van der Waals surface area (Å²) in [6.45, 7) is 0.0393. The fourth-order valence-corrected chi connectivity index (χ4v) is 4.03. The minimum Gasteiger partial charge on any atom is -0.504 e. The number of aromatic hydroxyl groups is 1. The number of benzene rings is 2. The van der Waals surface area contributed by atoms with E-state index in [1.165, 1.54) is 13.2 Å². The molecule has 0 aliphatic carbocycles. The van der Waals surface area contributed by atoms with Crippen LogP contribution in [0.25, 0.3) is 17.0 Å². The number of rotatable bonds is 4. The SMILES string of the molecule is COc1cc(/C=C2/SC(=O)N(Cc3cc4ccccc4nc3Cl)C2=O)ccc1O. The van der Waals surface area contributed by atoms with Crippen LogP contribution in [0.2, 0.25) is 5.15 Å². The second-order valence-corrected chi connectivity index (χ2v) is 7.68. The van der Waals surface area contributed by atoms with Crippen LogP contribution >= 0.6 is 23.4 Å². The number of fused-ring (bicyclic) bond motifs is 1. The standard InChI is InChI=1S/C21H15ClN2O4S/c1-28-17-8-12(6-7-16(17)25)9-18-20(26)24(21(27)29-18)11-14-10-13-4-2-3-5-15(13)23-19(14)22/h2-10,25H,11H2,1H3/b18-9+. The maximum atomic E-state index is 12.8. The number of hydrogen-bond donors (Lipinski definition) is 1. The quantitative estimate of drug-likeness (QED) is 0.475. The second kappa shape index (κ2) is 7.77. The van der Waals surface area contributed by atoms with Gasteiger partial charge in [0.05, 0.1) is 24.1 Å². The Balaban J connectivity index is 1.61. The van der Waals surface area contributed by atoms with Crippen LogP contribution in [0, 0.1) is 0 Å². The molecule has 146 valence electrons. The maximum absolute atomic E-state index is 12.8. The zero-order valence-corrected chi connectivity index (χ0v) is 16.8. The number of hydrogen-bond acceptors (Lipinski definition) is 6. The molecule has 1 aliphatic rings. The first-order valence-electron chi connectivity index (χ1n) is 8.63. The number of pyridine rings is 1. The first-order chi connectivity index (χ1) is 14.0. The van der Waals surface area contributed by atoms with Crippen molar-refractivity contribution in [2.75, 3.05) is 7.11 Å². The summed E-state index contributed by atoms with van der Waals surface area (Å²) < 4.78 is 5.08. The van der Waals surface area contributed by atoms with Crippen LogP contribution in [0.4, 0.5) is 4.79 Å². The highest BCUT2D eigenvalue weighted by atomic mass is 35.5. The number of aromatic nitrogens is 1. The number of phenols is 1. The molecule has 3 aromatic rings. The topological polar surface area (TPSA) is 79.7 Å². The third kappa shape index (κ3) is 3.79. The van der Waals surface area contributed by atoms with Crippen molar-refractivity contribution in [2.24, 2.45) is 0 Å². The Labute approximate surface area is 175 Å². The Kier molecular flexibility index (Phi) is 5.17. The van der Waals surface area contributed by atoms with Gasteiger partial charge in [-0.3, -0.25) is 14.5 Å². The van der Waals surface area contributed by atoms with Gasteiger partial charge in [0.2, 0.25) is 0 Å². The van der Waals surface area contributed by atoms with E-state index in [0.717, 1.165) is 27.6 Å². The summed E-state index contributed by atoms with van der Waals surface area (Å²) >= 11 is 7.13. The molecule has 1 aromatic heterocycles. The zero-order valence-electron chi connectivity index (χ0n) is 15.3. The van der Waals surface area contributed by atoms with Crippen LogP contribution in [-0.4, -0.2) is 33.2 Å². The number of nitrogens with zero attached hydrogens (tertiary/aromatic N) is 2. The van der Waals surface area contributed by atoms with Crippen LogP contribution in [-0.2, 0) is 11.3 Å². The van der Waals surface area contributed by atoms with E-state index in [0.29, 0.717) is 11.1 Å². The lowest BCUT2D eigenvalue weighted by Crippen LogP contribution is -2.27. The van der Waals surface area contributed by atoms with E-state index in [2.05, 4.69) is 4.98 Å². The van der Waals surface area contributed by atoms with Gasteiger partial charge >= 0.3 is 0 Å². The Bertz CT molecular complexity index is 1180. The van der Waals surface area contributed by atoms with Gasteiger partial charge in [0.15, 0.2) is 11.5 Å². The highest BCUT2D eigenvalue weighted by Gasteiger charge is 2.35. The molecule has 0 unspecified atom stereocenters. The van der Waals surface area contributed by atoms with Gasteiger partial charge in [0.1, 0.15) is 5.15 Å². The van der Waals surface area contributed by atoms with Crippen molar-refractivity contribution in [1.29, 1.82) is 0 Å². The smallest absolute Gasteiger partial charge is 0.293 e. The minimum absolute atomic E-state index is 0.00352. The molecule has 8 heteroatoms. The summed E-state index contributed by atoms with van der Waals surface area (Å²) in [5, 5.41) is 10.5. The number of imide groups is 1. The fourth-order valence-electron chi connectivity index (χ4n) is 2.99. The third-order valence-corrected chi connectivity index (χ3v) is 5.69. The van der Waals surface area contributed by atoms with Crippen molar-refractivity contribution in [2.45, 2.75) is 6.54 Å². The van der Waals surface area contributed by atoms with Crippen LogP contribution in [0.1, 0.15) is 11.1 Å². The van der Waals surface area contributed by atoms with E-state index in [-0.39, 0.29) is 33.3 Å². The Hall–Kier alpha value is -3.03. The second-order valence-electron chi connectivity index (χ2n) is 6.33. The molecule has 1 fully saturated rings. The molecule has 29 heavy (non-hydrogen) atoms. The molecule has 0 bridgehead atoms. The van der Waals surface area contributed by atoms with E-state index in [4.69, 9.17) is 16.3 Å². The molecule has 4 rings (SSSR count). The number of para-hydroxylation sites is 1. The van der Waals surface area contributed by atoms with E-state index in [9.17, 15) is 14.7 Å². The summed E-state index contributed by atoms with van der Waals surface area (Å²) in [6, 6.07) is 14.0. The van der Waals surface area contributed by atoms with Gasteiger partial charge in [-0.15, -0.1) is 0 Å². The van der Waals surface area contributed by atoms with Crippen molar-refractivity contribution in [3.63, 3.8) is 0 Å².